The number of carbonyl (C=O) groups excluding carboxylic acids is 1. The molecule has 1 fully saturated rings. The average Bonchev–Trinajstić information content (AvgIpc) is 3.10. The summed E-state index contributed by atoms with van der Waals surface area (Å²) in [5.41, 5.74) is 2.34. The van der Waals surface area contributed by atoms with Gasteiger partial charge >= 0.3 is 0 Å². The van der Waals surface area contributed by atoms with E-state index >= 15 is 0 Å². The monoisotopic (exact) mass is 320 g/mol. The topological polar surface area (TPSA) is 53.3 Å². The number of hydrogen-bond acceptors (Lipinski definition) is 3. The summed E-state index contributed by atoms with van der Waals surface area (Å²) >= 11 is 0. The van der Waals surface area contributed by atoms with Crippen molar-refractivity contribution in [2.24, 2.45) is 0 Å². The molecule has 1 aliphatic rings. The highest BCUT2D eigenvalue weighted by molar-refractivity contribution is 5.94. The van der Waals surface area contributed by atoms with E-state index in [-0.39, 0.29) is 11.9 Å². The fourth-order valence-electron chi connectivity index (χ4n) is 3.29. The van der Waals surface area contributed by atoms with Crippen LogP contribution in [0, 0.1) is 11.3 Å². The second kappa shape index (κ2) is 7.18. The third kappa shape index (κ3) is 3.26. The molecule has 1 saturated heterocycles. The number of methoxy groups -OCH3 is 1. The van der Waals surface area contributed by atoms with Gasteiger partial charge in [-0.15, -0.1) is 0 Å². The molecule has 4 nitrogen and oxygen atoms in total. The zero-order valence-corrected chi connectivity index (χ0v) is 13.7. The number of carbonyl (C=O) groups is 1. The van der Waals surface area contributed by atoms with Gasteiger partial charge in [-0.25, -0.2) is 0 Å². The molecule has 0 bridgehead atoms. The fourth-order valence-corrected chi connectivity index (χ4v) is 3.29. The quantitative estimate of drug-likeness (QED) is 0.867. The van der Waals surface area contributed by atoms with Crippen molar-refractivity contribution < 1.29 is 9.53 Å². The summed E-state index contributed by atoms with van der Waals surface area (Å²) in [6, 6.07) is 17.1. The zero-order valence-electron chi connectivity index (χ0n) is 13.7. The van der Waals surface area contributed by atoms with E-state index in [2.05, 4.69) is 12.1 Å². The Labute approximate surface area is 142 Å². The maximum absolute atomic E-state index is 12.8. The molecular weight excluding hydrogens is 300 g/mol. The number of hydrogen-bond donors (Lipinski definition) is 0. The predicted molar refractivity (Wildman–Crippen MR) is 91.9 cm³/mol. The van der Waals surface area contributed by atoms with E-state index in [4.69, 9.17) is 10.00 Å². The molecule has 0 unspecified atom stereocenters. The highest BCUT2D eigenvalue weighted by Crippen LogP contribution is 2.27. The lowest BCUT2D eigenvalue weighted by Gasteiger charge is -2.25. The van der Waals surface area contributed by atoms with Gasteiger partial charge in [0.1, 0.15) is 5.75 Å². The summed E-state index contributed by atoms with van der Waals surface area (Å²) in [4.78, 5) is 14.8. The second-order valence-electron chi connectivity index (χ2n) is 6.00. The molecule has 1 amide bonds. The van der Waals surface area contributed by atoms with Crippen LogP contribution in [0.5, 0.6) is 5.75 Å². The molecule has 1 heterocycles. The molecule has 122 valence electrons. The molecule has 3 rings (SSSR count). The third-order valence-electron chi connectivity index (χ3n) is 4.55. The number of ether oxygens (including phenoxy) is 1. The molecule has 2 aromatic carbocycles. The van der Waals surface area contributed by atoms with Crippen LogP contribution in [-0.2, 0) is 6.42 Å². The summed E-state index contributed by atoms with van der Waals surface area (Å²) in [5.74, 6) is 0.909. The normalized spacial score (nSPS) is 16.7. The van der Waals surface area contributed by atoms with Crippen molar-refractivity contribution in [3.05, 3.63) is 65.2 Å². The maximum Gasteiger partial charge on any atom is 0.254 e. The first-order valence-corrected chi connectivity index (χ1v) is 8.16. The zero-order chi connectivity index (χ0) is 16.9. The summed E-state index contributed by atoms with van der Waals surface area (Å²) in [7, 11) is 1.67. The Morgan fingerprint density at radius 3 is 2.71 bits per heavy atom. The molecule has 1 aliphatic heterocycles. The van der Waals surface area contributed by atoms with E-state index < -0.39 is 0 Å². The first-order chi connectivity index (χ1) is 11.7. The van der Waals surface area contributed by atoms with Crippen molar-refractivity contribution >= 4 is 5.91 Å². The Bertz CT molecular complexity index is 762. The van der Waals surface area contributed by atoms with Crippen molar-refractivity contribution in [3.8, 4) is 11.8 Å². The fraction of sp³-hybridized carbons (Fsp3) is 0.300. The number of benzene rings is 2. The van der Waals surface area contributed by atoms with Crippen molar-refractivity contribution in [1.82, 2.24) is 4.90 Å². The van der Waals surface area contributed by atoms with Crippen LogP contribution in [0.4, 0.5) is 0 Å². The molecule has 4 heteroatoms. The SMILES string of the molecule is COc1ccccc1C[C@@H]1CCCN1C(=O)c1ccc(C#N)cc1. The van der Waals surface area contributed by atoms with Gasteiger partial charge in [-0.3, -0.25) is 4.79 Å². The van der Waals surface area contributed by atoms with E-state index in [9.17, 15) is 4.79 Å². The van der Waals surface area contributed by atoms with Crippen molar-refractivity contribution in [1.29, 1.82) is 5.26 Å². The van der Waals surface area contributed by atoms with Crippen LogP contribution in [0.15, 0.2) is 48.5 Å². The van der Waals surface area contributed by atoms with Crippen LogP contribution < -0.4 is 4.74 Å². The van der Waals surface area contributed by atoms with E-state index in [1.165, 1.54) is 0 Å². The highest BCUT2D eigenvalue weighted by atomic mass is 16.5. The lowest BCUT2D eigenvalue weighted by atomic mass is 10.0. The first-order valence-electron chi connectivity index (χ1n) is 8.16. The Hall–Kier alpha value is -2.80. The number of para-hydroxylation sites is 1. The summed E-state index contributed by atoms with van der Waals surface area (Å²) in [5, 5.41) is 8.88. The third-order valence-corrected chi connectivity index (χ3v) is 4.55. The molecule has 0 aliphatic carbocycles. The Morgan fingerprint density at radius 1 is 1.25 bits per heavy atom. The van der Waals surface area contributed by atoms with Gasteiger partial charge in [0.15, 0.2) is 0 Å². The van der Waals surface area contributed by atoms with Crippen LogP contribution >= 0.6 is 0 Å². The van der Waals surface area contributed by atoms with Gasteiger partial charge in [0.05, 0.1) is 18.7 Å². The van der Waals surface area contributed by atoms with Gasteiger partial charge in [-0.1, -0.05) is 18.2 Å². The Balaban J connectivity index is 1.77. The molecule has 0 spiro atoms. The minimum absolute atomic E-state index is 0.0388. The highest BCUT2D eigenvalue weighted by Gasteiger charge is 2.30. The molecule has 24 heavy (non-hydrogen) atoms. The van der Waals surface area contributed by atoms with Crippen LogP contribution in [0.1, 0.15) is 34.3 Å². The van der Waals surface area contributed by atoms with Gasteiger partial charge in [0, 0.05) is 18.2 Å². The maximum atomic E-state index is 12.8. The lowest BCUT2D eigenvalue weighted by molar-refractivity contribution is 0.0736. The van der Waals surface area contributed by atoms with Crippen LogP contribution in [0.3, 0.4) is 0 Å². The molecule has 0 N–H and O–H groups in total. The number of nitriles is 1. The van der Waals surface area contributed by atoms with Gasteiger partial charge in [0.25, 0.3) is 5.91 Å². The smallest absolute Gasteiger partial charge is 0.254 e. The summed E-state index contributed by atoms with van der Waals surface area (Å²) in [6.45, 7) is 0.776. The molecule has 0 saturated carbocycles. The molecular formula is C20H20N2O2. The van der Waals surface area contributed by atoms with Gasteiger partial charge in [-0.05, 0) is 55.2 Å². The van der Waals surface area contributed by atoms with Gasteiger partial charge in [-0.2, -0.15) is 5.26 Å². The van der Waals surface area contributed by atoms with Gasteiger partial charge < -0.3 is 9.64 Å². The molecule has 2 aromatic rings. The Morgan fingerprint density at radius 2 is 2.00 bits per heavy atom. The minimum Gasteiger partial charge on any atom is -0.496 e. The second-order valence-corrected chi connectivity index (χ2v) is 6.00. The van der Waals surface area contributed by atoms with Gasteiger partial charge in [0.2, 0.25) is 0 Å². The predicted octanol–water partition coefficient (Wildman–Crippen LogP) is 3.41. The summed E-state index contributed by atoms with van der Waals surface area (Å²) in [6.07, 6.45) is 2.81. The van der Waals surface area contributed by atoms with E-state index in [0.717, 1.165) is 37.1 Å². The number of rotatable bonds is 4. The van der Waals surface area contributed by atoms with Crippen LogP contribution in [-0.4, -0.2) is 30.5 Å². The van der Waals surface area contributed by atoms with E-state index in [1.54, 1.807) is 31.4 Å². The number of amides is 1. The van der Waals surface area contributed by atoms with Crippen molar-refractivity contribution in [3.63, 3.8) is 0 Å². The summed E-state index contributed by atoms with van der Waals surface area (Å²) < 4.78 is 5.43. The standard InChI is InChI=1S/C20H20N2O2/c1-24-19-7-3-2-5-17(19)13-18-6-4-12-22(18)20(23)16-10-8-15(14-21)9-11-16/h2-3,5,7-11,18H,4,6,12-13H2,1H3/t18-/m0/s1. The van der Waals surface area contributed by atoms with Crippen LogP contribution in [0.25, 0.3) is 0 Å². The first kappa shape index (κ1) is 16.1. The van der Waals surface area contributed by atoms with E-state index in [1.807, 2.05) is 23.1 Å². The van der Waals surface area contributed by atoms with Crippen LogP contribution in [0.2, 0.25) is 0 Å². The van der Waals surface area contributed by atoms with Crippen molar-refractivity contribution in [2.45, 2.75) is 25.3 Å². The number of likely N-dealkylation sites (tertiary alicyclic amines) is 1. The molecule has 0 aromatic heterocycles. The average molecular weight is 320 g/mol. The minimum atomic E-state index is 0.0388. The largest absolute Gasteiger partial charge is 0.496 e. The molecule has 0 radical (unpaired) electrons. The molecule has 1 atom stereocenters. The van der Waals surface area contributed by atoms with E-state index in [0.29, 0.717) is 11.1 Å². The lowest BCUT2D eigenvalue weighted by Crippen LogP contribution is -2.36. The van der Waals surface area contributed by atoms with Crippen molar-refractivity contribution in [2.75, 3.05) is 13.7 Å². The Kier molecular flexibility index (Phi) is 4.81. The number of nitrogens with zero attached hydrogens (tertiary/aromatic N) is 2.